The molecule has 0 fully saturated rings. The molecule has 0 aromatic carbocycles. The van der Waals surface area contributed by atoms with Gasteiger partial charge in [0.2, 0.25) is 11.9 Å². The Morgan fingerprint density at radius 1 is 1.56 bits per heavy atom. The molecule has 1 aromatic rings. The van der Waals surface area contributed by atoms with Gasteiger partial charge in [-0.15, -0.1) is 0 Å². The minimum atomic E-state index is 0.818. The van der Waals surface area contributed by atoms with E-state index in [-0.39, 0.29) is 0 Å². The highest BCUT2D eigenvalue weighted by atomic mass is 79.9. The Morgan fingerprint density at radius 3 is 2.67 bits per heavy atom. The summed E-state index contributed by atoms with van der Waals surface area (Å²) in [5.74, 6) is 0. The quantitative estimate of drug-likeness (QED) is 0.482. The lowest BCUT2D eigenvalue weighted by atomic mass is 10.4. The third kappa shape index (κ3) is 1.42. The molecule has 1 aromatic heterocycles. The van der Waals surface area contributed by atoms with Crippen LogP contribution in [-0.2, 0) is 0 Å². The van der Waals surface area contributed by atoms with Gasteiger partial charge in [-0.25, -0.2) is 0 Å². The number of nitrogens with zero attached hydrogens (tertiary/aromatic N) is 1. The van der Waals surface area contributed by atoms with E-state index < -0.39 is 0 Å². The first-order chi connectivity index (χ1) is 4.20. The van der Waals surface area contributed by atoms with E-state index in [1.807, 2.05) is 19.1 Å². The van der Waals surface area contributed by atoms with Gasteiger partial charge in [0, 0.05) is 17.7 Å². The van der Waals surface area contributed by atoms with Gasteiger partial charge in [-0.05, 0) is 22.0 Å². The summed E-state index contributed by atoms with van der Waals surface area (Å²) in [6.45, 7) is 1.83. The lowest BCUT2D eigenvalue weighted by molar-refractivity contribution is -0.909. The van der Waals surface area contributed by atoms with Crippen molar-refractivity contribution in [2.24, 2.45) is 0 Å². The summed E-state index contributed by atoms with van der Waals surface area (Å²) in [6.07, 6.45) is 1.59. The average molecular weight is 189 g/mol. The number of hydrogen-bond acceptors (Lipinski definition) is 1. The number of hydrogen-bond donors (Lipinski definition) is 1. The maximum absolute atomic E-state index is 8.99. The van der Waals surface area contributed by atoms with Crippen molar-refractivity contribution in [1.29, 1.82) is 0 Å². The van der Waals surface area contributed by atoms with Crippen molar-refractivity contribution in [2.75, 3.05) is 0 Å². The van der Waals surface area contributed by atoms with E-state index in [4.69, 9.17) is 5.21 Å². The van der Waals surface area contributed by atoms with Crippen molar-refractivity contribution < 1.29 is 9.94 Å². The smallest absolute Gasteiger partial charge is 0.236 e. The van der Waals surface area contributed by atoms with Crippen LogP contribution in [0.4, 0.5) is 0 Å². The van der Waals surface area contributed by atoms with E-state index in [1.165, 1.54) is 0 Å². The van der Waals surface area contributed by atoms with Crippen molar-refractivity contribution >= 4 is 15.9 Å². The highest BCUT2D eigenvalue weighted by Crippen LogP contribution is 2.04. The van der Waals surface area contributed by atoms with Gasteiger partial charge in [-0.2, -0.15) is 0 Å². The summed E-state index contributed by atoms with van der Waals surface area (Å²) >= 11 is 3.22. The number of pyridine rings is 1. The molecular formula is C6H7BrNO+. The monoisotopic (exact) mass is 188 g/mol. The summed E-state index contributed by atoms with van der Waals surface area (Å²) < 4.78 is 1.94. The Balaban J connectivity index is 3.17. The molecule has 0 unspecified atom stereocenters. The minimum absolute atomic E-state index is 0.818. The van der Waals surface area contributed by atoms with Crippen LogP contribution in [0.2, 0.25) is 0 Å². The SMILES string of the molecule is Cc1ccc(Br)c[n+]1O. The van der Waals surface area contributed by atoms with E-state index >= 15 is 0 Å². The first-order valence-corrected chi connectivity index (χ1v) is 3.36. The fraction of sp³-hybridized carbons (Fsp3) is 0.167. The molecule has 0 saturated heterocycles. The zero-order chi connectivity index (χ0) is 6.85. The van der Waals surface area contributed by atoms with E-state index in [1.54, 1.807) is 6.20 Å². The van der Waals surface area contributed by atoms with Crippen LogP contribution in [0.5, 0.6) is 0 Å². The summed E-state index contributed by atoms with van der Waals surface area (Å²) in [5.41, 5.74) is 0.818. The number of halogens is 1. The van der Waals surface area contributed by atoms with Gasteiger partial charge in [0.1, 0.15) is 0 Å². The topological polar surface area (TPSA) is 24.1 Å². The second-order valence-corrected chi connectivity index (χ2v) is 2.75. The molecular weight excluding hydrogens is 182 g/mol. The number of aromatic nitrogens is 1. The highest BCUT2D eigenvalue weighted by molar-refractivity contribution is 9.10. The van der Waals surface area contributed by atoms with Crippen LogP contribution >= 0.6 is 15.9 Å². The van der Waals surface area contributed by atoms with Crippen LogP contribution in [0.15, 0.2) is 22.8 Å². The maximum atomic E-state index is 8.99. The Morgan fingerprint density at radius 2 is 2.22 bits per heavy atom. The van der Waals surface area contributed by atoms with Gasteiger partial charge in [-0.1, -0.05) is 0 Å². The Bertz CT molecular complexity index is 224. The summed E-state index contributed by atoms with van der Waals surface area (Å²) in [7, 11) is 0. The molecule has 1 heterocycles. The fourth-order valence-electron chi connectivity index (χ4n) is 0.538. The molecule has 0 amide bonds. The average Bonchev–Trinajstić information content (AvgIpc) is 1.80. The van der Waals surface area contributed by atoms with Gasteiger partial charge in [0.05, 0.1) is 4.47 Å². The molecule has 3 heteroatoms. The van der Waals surface area contributed by atoms with Crippen molar-refractivity contribution in [2.45, 2.75) is 6.92 Å². The minimum Gasteiger partial charge on any atom is -0.285 e. The molecule has 0 aliphatic rings. The zero-order valence-electron chi connectivity index (χ0n) is 5.00. The summed E-state index contributed by atoms with van der Waals surface area (Å²) in [5, 5.41) is 8.99. The van der Waals surface area contributed by atoms with Crippen LogP contribution in [0.1, 0.15) is 5.69 Å². The van der Waals surface area contributed by atoms with Gasteiger partial charge in [-0.3, -0.25) is 5.21 Å². The van der Waals surface area contributed by atoms with E-state index in [2.05, 4.69) is 15.9 Å². The molecule has 0 aliphatic heterocycles. The van der Waals surface area contributed by atoms with Crippen LogP contribution in [-0.4, -0.2) is 5.21 Å². The van der Waals surface area contributed by atoms with Crippen molar-refractivity contribution in [1.82, 2.24) is 0 Å². The van der Waals surface area contributed by atoms with Crippen LogP contribution in [0, 0.1) is 6.92 Å². The molecule has 0 aliphatic carbocycles. The molecule has 0 spiro atoms. The first kappa shape index (κ1) is 6.55. The van der Waals surface area contributed by atoms with E-state index in [0.717, 1.165) is 14.9 Å². The molecule has 0 bridgehead atoms. The zero-order valence-corrected chi connectivity index (χ0v) is 6.59. The van der Waals surface area contributed by atoms with Crippen LogP contribution in [0.3, 0.4) is 0 Å². The standard InChI is InChI=1S/C6H7BrNO/c1-5-2-3-6(7)4-8(5)9/h2-4,9H,1H3/q+1. The molecule has 0 radical (unpaired) electrons. The highest BCUT2D eigenvalue weighted by Gasteiger charge is 2.01. The molecule has 2 nitrogen and oxygen atoms in total. The third-order valence-corrected chi connectivity index (χ3v) is 1.56. The van der Waals surface area contributed by atoms with Crippen LogP contribution in [0.25, 0.3) is 0 Å². The number of rotatable bonds is 0. The lowest BCUT2D eigenvalue weighted by Gasteiger charge is -1.87. The molecule has 48 valence electrons. The second kappa shape index (κ2) is 2.35. The second-order valence-electron chi connectivity index (χ2n) is 1.83. The normalized spacial score (nSPS) is 9.56. The largest absolute Gasteiger partial charge is 0.285 e. The predicted octanol–water partition coefficient (Wildman–Crippen LogP) is 1.28. The molecule has 9 heavy (non-hydrogen) atoms. The van der Waals surface area contributed by atoms with Crippen molar-refractivity contribution in [3.05, 3.63) is 28.5 Å². The van der Waals surface area contributed by atoms with Crippen molar-refractivity contribution in [3.8, 4) is 0 Å². The maximum Gasteiger partial charge on any atom is 0.236 e. The predicted molar refractivity (Wildman–Crippen MR) is 36.3 cm³/mol. The van der Waals surface area contributed by atoms with Crippen molar-refractivity contribution in [3.63, 3.8) is 0 Å². The van der Waals surface area contributed by atoms with Gasteiger partial charge >= 0.3 is 0 Å². The molecule has 1 N–H and O–H groups in total. The molecule has 1 rings (SSSR count). The van der Waals surface area contributed by atoms with E-state index in [9.17, 15) is 0 Å². The van der Waals surface area contributed by atoms with Gasteiger partial charge < -0.3 is 0 Å². The Kier molecular flexibility index (Phi) is 1.71. The Hall–Kier alpha value is -0.570. The Labute approximate surface area is 61.8 Å². The molecule has 0 atom stereocenters. The van der Waals surface area contributed by atoms with E-state index in [0.29, 0.717) is 0 Å². The summed E-state index contributed by atoms with van der Waals surface area (Å²) in [4.78, 5) is 0. The molecule has 0 saturated carbocycles. The van der Waals surface area contributed by atoms with Gasteiger partial charge in [0.25, 0.3) is 0 Å². The summed E-state index contributed by atoms with van der Waals surface area (Å²) in [6, 6.07) is 3.70. The first-order valence-electron chi connectivity index (χ1n) is 2.57. The fourth-order valence-corrected chi connectivity index (χ4v) is 0.864. The number of aryl methyl sites for hydroxylation is 1. The van der Waals surface area contributed by atoms with Gasteiger partial charge in [0.15, 0.2) is 0 Å². The third-order valence-electron chi connectivity index (χ3n) is 1.09. The lowest BCUT2D eigenvalue weighted by Crippen LogP contribution is -2.32. The van der Waals surface area contributed by atoms with Crippen LogP contribution < -0.4 is 4.73 Å².